The van der Waals surface area contributed by atoms with Crippen LogP contribution in [-0.4, -0.2) is 84.5 Å². The number of ether oxygens (including phenoxy) is 2. The standard InChI is InChI=1S/C35H48FN5O8/c1-7-21(4)30-33(45)38-19-23-15-25(36)18-26(16-23)49-28-17-24(10-11-27(28)48-6)32(44)37-12-14-41(35(47)20(2)3)13-8-9-29(43)39-31(22(5)42)34(46)40-30/h10-11,15-18,20-22,30-31,42H,7-9,12-14,19H2,1-6H3,(H,37,44)(H,38,45)(H,39,43)(H,40,46)/t21-,22+,30-,31-/m0/s1. The van der Waals surface area contributed by atoms with Gasteiger partial charge in [0.15, 0.2) is 11.5 Å². The average Bonchev–Trinajstić information content (AvgIpc) is 3.06. The van der Waals surface area contributed by atoms with Crippen LogP contribution < -0.4 is 30.7 Å². The van der Waals surface area contributed by atoms with Gasteiger partial charge in [-0.1, -0.05) is 34.1 Å². The fourth-order valence-electron chi connectivity index (χ4n) is 5.24. The Morgan fingerprint density at radius 3 is 2.39 bits per heavy atom. The maximum Gasteiger partial charge on any atom is 0.251 e. The summed E-state index contributed by atoms with van der Waals surface area (Å²) < 4.78 is 26.1. The highest BCUT2D eigenvalue weighted by Crippen LogP contribution is 2.33. The smallest absolute Gasteiger partial charge is 0.251 e. The van der Waals surface area contributed by atoms with Crippen molar-refractivity contribution < 1.29 is 42.9 Å². The molecular weight excluding hydrogens is 637 g/mol. The normalized spacial score (nSPS) is 20.1. The fraction of sp³-hybridized carbons (Fsp3) is 0.514. The van der Waals surface area contributed by atoms with Gasteiger partial charge in [0.25, 0.3) is 5.91 Å². The topological polar surface area (TPSA) is 175 Å². The first-order chi connectivity index (χ1) is 23.2. The summed E-state index contributed by atoms with van der Waals surface area (Å²) in [7, 11) is 1.42. The Morgan fingerprint density at radius 2 is 1.73 bits per heavy atom. The summed E-state index contributed by atoms with van der Waals surface area (Å²) in [5.74, 6) is -3.22. The molecule has 0 unspecified atom stereocenters. The highest BCUT2D eigenvalue weighted by atomic mass is 19.1. The van der Waals surface area contributed by atoms with Crippen LogP contribution in [0.1, 0.15) is 69.8 Å². The van der Waals surface area contributed by atoms with E-state index in [0.29, 0.717) is 12.0 Å². The van der Waals surface area contributed by atoms with Crippen molar-refractivity contribution in [3.05, 3.63) is 53.3 Å². The maximum atomic E-state index is 14.7. The first-order valence-electron chi connectivity index (χ1n) is 16.5. The zero-order valence-corrected chi connectivity index (χ0v) is 28.9. The number of hydrogen-bond acceptors (Lipinski definition) is 8. The van der Waals surface area contributed by atoms with Gasteiger partial charge in [-0.3, -0.25) is 24.0 Å². The molecule has 14 heteroatoms. The lowest BCUT2D eigenvalue weighted by Crippen LogP contribution is -2.58. The van der Waals surface area contributed by atoms with Gasteiger partial charge in [-0.2, -0.15) is 0 Å². The van der Waals surface area contributed by atoms with Crippen LogP contribution in [-0.2, 0) is 25.7 Å². The van der Waals surface area contributed by atoms with Crippen LogP contribution in [0.15, 0.2) is 36.4 Å². The molecule has 0 radical (unpaired) electrons. The second kappa shape index (κ2) is 18.2. The fourth-order valence-corrected chi connectivity index (χ4v) is 5.24. The van der Waals surface area contributed by atoms with E-state index in [9.17, 15) is 33.5 Å². The molecule has 1 aliphatic heterocycles. The minimum Gasteiger partial charge on any atom is -0.493 e. The summed E-state index contributed by atoms with van der Waals surface area (Å²) in [6.07, 6.45) is -0.559. The molecule has 4 bridgehead atoms. The van der Waals surface area contributed by atoms with Gasteiger partial charge < -0.3 is 40.7 Å². The number of aliphatic hydroxyl groups is 1. The summed E-state index contributed by atoms with van der Waals surface area (Å²) in [5, 5.41) is 21.1. The number of nitrogens with one attached hydrogen (secondary N) is 4. The molecule has 3 rings (SSSR count). The SMILES string of the molecule is CC[C@H](C)[C@@H]1NC(=O)[C@H]([C@@H](C)O)NC(=O)CCCN(C(=O)C(C)C)CCNC(=O)c2ccc(OC)c(c2)Oc2cc(F)cc(c2)CNC1=O. The van der Waals surface area contributed by atoms with Crippen molar-refractivity contribution in [3.8, 4) is 17.2 Å². The van der Waals surface area contributed by atoms with Crippen molar-refractivity contribution in [2.75, 3.05) is 26.7 Å². The van der Waals surface area contributed by atoms with Gasteiger partial charge in [0, 0.05) is 50.1 Å². The lowest BCUT2D eigenvalue weighted by atomic mass is 9.97. The van der Waals surface area contributed by atoms with E-state index in [1.807, 2.05) is 6.92 Å². The molecule has 5 N–H and O–H groups in total. The van der Waals surface area contributed by atoms with Gasteiger partial charge in [-0.05, 0) is 55.2 Å². The van der Waals surface area contributed by atoms with Gasteiger partial charge >= 0.3 is 0 Å². The Bertz CT molecular complexity index is 1500. The molecule has 0 spiro atoms. The van der Waals surface area contributed by atoms with Crippen molar-refractivity contribution in [2.24, 2.45) is 11.8 Å². The second-order valence-electron chi connectivity index (χ2n) is 12.5. The number of carbonyl (C=O) groups excluding carboxylic acids is 5. The lowest BCUT2D eigenvalue weighted by Gasteiger charge is -2.28. The molecule has 1 aliphatic rings. The highest BCUT2D eigenvalue weighted by molar-refractivity contribution is 5.95. The van der Waals surface area contributed by atoms with Crippen molar-refractivity contribution in [3.63, 3.8) is 0 Å². The first kappa shape index (κ1) is 38.7. The van der Waals surface area contributed by atoms with E-state index < -0.39 is 47.6 Å². The summed E-state index contributed by atoms with van der Waals surface area (Å²) in [4.78, 5) is 67.1. The van der Waals surface area contributed by atoms with E-state index in [1.54, 1.807) is 37.8 Å². The number of hydrogen-bond donors (Lipinski definition) is 5. The predicted molar refractivity (Wildman–Crippen MR) is 179 cm³/mol. The van der Waals surface area contributed by atoms with Crippen LogP contribution in [0.3, 0.4) is 0 Å². The third-order valence-electron chi connectivity index (χ3n) is 8.23. The van der Waals surface area contributed by atoms with Crippen molar-refractivity contribution in [1.29, 1.82) is 0 Å². The Kier molecular flexibility index (Phi) is 14.3. The molecule has 5 amide bonds. The van der Waals surface area contributed by atoms with E-state index in [1.165, 1.54) is 32.2 Å². The Balaban J connectivity index is 1.97. The Labute approximate surface area is 286 Å². The monoisotopic (exact) mass is 685 g/mol. The Morgan fingerprint density at radius 1 is 1.00 bits per heavy atom. The average molecular weight is 686 g/mol. The number of carbonyl (C=O) groups is 5. The minimum absolute atomic E-state index is 0.0513. The van der Waals surface area contributed by atoms with Crippen LogP contribution in [0, 0.1) is 17.7 Å². The van der Waals surface area contributed by atoms with Crippen LogP contribution in [0.25, 0.3) is 0 Å². The number of methoxy groups -OCH3 is 1. The molecule has 0 saturated carbocycles. The van der Waals surface area contributed by atoms with Crippen LogP contribution in [0.4, 0.5) is 4.39 Å². The summed E-state index contributed by atoms with van der Waals surface area (Å²) in [6, 6.07) is 6.05. The van der Waals surface area contributed by atoms with E-state index in [2.05, 4.69) is 21.3 Å². The number of fused-ring (bicyclic) bond motifs is 4. The molecule has 2 aromatic carbocycles. The van der Waals surface area contributed by atoms with Crippen molar-refractivity contribution in [2.45, 2.75) is 78.6 Å². The lowest BCUT2D eigenvalue weighted by molar-refractivity contribution is -0.135. The maximum absolute atomic E-state index is 14.7. The molecule has 4 atom stereocenters. The Hall–Kier alpha value is -4.72. The summed E-state index contributed by atoms with van der Waals surface area (Å²) >= 11 is 0. The number of benzene rings is 2. The highest BCUT2D eigenvalue weighted by Gasteiger charge is 2.32. The molecule has 0 saturated heterocycles. The molecule has 268 valence electrons. The molecule has 0 fully saturated rings. The van der Waals surface area contributed by atoms with Crippen LogP contribution in [0.5, 0.6) is 17.2 Å². The van der Waals surface area contributed by atoms with Crippen LogP contribution in [0.2, 0.25) is 0 Å². The van der Waals surface area contributed by atoms with Gasteiger partial charge in [0.2, 0.25) is 23.6 Å². The number of rotatable bonds is 5. The van der Waals surface area contributed by atoms with Crippen LogP contribution >= 0.6 is 0 Å². The summed E-state index contributed by atoms with van der Waals surface area (Å²) in [5.41, 5.74) is 0.591. The number of amides is 5. The largest absolute Gasteiger partial charge is 0.493 e. The zero-order chi connectivity index (χ0) is 36.2. The number of nitrogens with zero attached hydrogens (tertiary/aromatic N) is 1. The first-order valence-corrected chi connectivity index (χ1v) is 16.5. The minimum atomic E-state index is -1.35. The van der Waals surface area contributed by atoms with Gasteiger partial charge in [-0.15, -0.1) is 0 Å². The summed E-state index contributed by atoms with van der Waals surface area (Å²) in [6.45, 7) is 8.86. The van der Waals surface area contributed by atoms with Gasteiger partial charge in [-0.25, -0.2) is 4.39 Å². The van der Waals surface area contributed by atoms with E-state index in [-0.39, 0.29) is 79.6 Å². The third kappa shape index (κ3) is 11.2. The van der Waals surface area contributed by atoms with Crippen molar-refractivity contribution >= 4 is 29.5 Å². The quantitative estimate of drug-likeness (QED) is 0.319. The van der Waals surface area contributed by atoms with Gasteiger partial charge in [0.1, 0.15) is 23.7 Å². The predicted octanol–water partition coefficient (Wildman–Crippen LogP) is 2.65. The molecule has 2 aromatic rings. The van der Waals surface area contributed by atoms with E-state index in [4.69, 9.17) is 9.47 Å². The number of aliphatic hydroxyl groups excluding tert-OH is 1. The van der Waals surface area contributed by atoms with Gasteiger partial charge in [0.05, 0.1) is 13.2 Å². The molecule has 0 aliphatic carbocycles. The number of halogens is 1. The molecule has 0 aromatic heterocycles. The molecular formula is C35H48FN5O8. The second-order valence-corrected chi connectivity index (χ2v) is 12.5. The molecule has 1 heterocycles. The van der Waals surface area contributed by atoms with Crippen molar-refractivity contribution in [1.82, 2.24) is 26.2 Å². The van der Waals surface area contributed by atoms with E-state index >= 15 is 0 Å². The molecule has 49 heavy (non-hydrogen) atoms. The molecule has 13 nitrogen and oxygen atoms in total. The zero-order valence-electron chi connectivity index (χ0n) is 28.9. The van der Waals surface area contributed by atoms with E-state index in [0.717, 1.165) is 6.07 Å². The third-order valence-corrected chi connectivity index (χ3v) is 8.23.